The minimum Gasteiger partial charge on any atom is -0.392 e. The van der Waals surface area contributed by atoms with Crippen LogP contribution < -0.4 is 5.32 Å². The van der Waals surface area contributed by atoms with E-state index in [-0.39, 0.29) is 30.5 Å². The molecule has 2 rings (SSSR count). The summed E-state index contributed by atoms with van der Waals surface area (Å²) in [6.45, 7) is 2.35. The molecule has 0 aromatic heterocycles. The van der Waals surface area contributed by atoms with Crippen LogP contribution in [0.5, 0.6) is 0 Å². The van der Waals surface area contributed by atoms with E-state index in [0.29, 0.717) is 13.0 Å². The van der Waals surface area contributed by atoms with Crippen molar-refractivity contribution < 1.29 is 9.90 Å². The first-order valence-electron chi connectivity index (χ1n) is 5.47. The molecule has 0 saturated carbocycles. The van der Waals surface area contributed by atoms with Gasteiger partial charge >= 0.3 is 0 Å². The van der Waals surface area contributed by atoms with Crippen molar-refractivity contribution in [1.29, 1.82) is 0 Å². The molecule has 4 nitrogen and oxygen atoms in total. The lowest BCUT2D eigenvalue weighted by atomic mass is 10.1. The first kappa shape index (κ1) is 12.7. The lowest BCUT2D eigenvalue weighted by molar-refractivity contribution is -0.134. The first-order chi connectivity index (χ1) is 6.77. The Labute approximate surface area is 96.4 Å². The Bertz CT molecular complexity index is 213. The Morgan fingerprint density at radius 3 is 2.47 bits per heavy atom. The third-order valence-electron chi connectivity index (χ3n) is 3.07. The SMILES string of the molecule is Cl.O=C([C@H]1C[C@@H](O)CN1)N1CCCCC1. The summed E-state index contributed by atoms with van der Waals surface area (Å²) in [5, 5.41) is 12.4. The Hall–Kier alpha value is -0.320. The van der Waals surface area contributed by atoms with E-state index in [2.05, 4.69) is 5.32 Å². The number of aliphatic hydroxyl groups excluding tert-OH is 1. The number of hydrogen-bond acceptors (Lipinski definition) is 3. The van der Waals surface area contributed by atoms with Crippen LogP contribution in [0.25, 0.3) is 0 Å². The molecule has 0 radical (unpaired) electrons. The molecule has 1 amide bonds. The quantitative estimate of drug-likeness (QED) is 0.679. The van der Waals surface area contributed by atoms with Gasteiger partial charge in [0, 0.05) is 19.6 Å². The highest BCUT2D eigenvalue weighted by molar-refractivity contribution is 5.85. The number of hydrogen-bond donors (Lipinski definition) is 2. The highest BCUT2D eigenvalue weighted by Crippen LogP contribution is 2.14. The number of likely N-dealkylation sites (tertiary alicyclic amines) is 1. The summed E-state index contributed by atoms with van der Waals surface area (Å²) in [7, 11) is 0. The molecule has 0 spiro atoms. The fourth-order valence-corrected chi connectivity index (χ4v) is 2.24. The zero-order chi connectivity index (χ0) is 9.97. The molecule has 2 fully saturated rings. The molecule has 15 heavy (non-hydrogen) atoms. The number of amides is 1. The molecule has 2 aliphatic rings. The van der Waals surface area contributed by atoms with E-state index < -0.39 is 0 Å². The van der Waals surface area contributed by atoms with Gasteiger partial charge in [-0.05, 0) is 25.7 Å². The topological polar surface area (TPSA) is 52.6 Å². The van der Waals surface area contributed by atoms with Crippen LogP contribution in [0, 0.1) is 0 Å². The van der Waals surface area contributed by atoms with E-state index in [9.17, 15) is 9.90 Å². The summed E-state index contributed by atoms with van der Waals surface area (Å²) < 4.78 is 0. The van der Waals surface area contributed by atoms with Gasteiger partial charge in [-0.2, -0.15) is 0 Å². The molecule has 2 atom stereocenters. The van der Waals surface area contributed by atoms with Crippen molar-refractivity contribution in [3.63, 3.8) is 0 Å². The summed E-state index contributed by atoms with van der Waals surface area (Å²) in [6.07, 6.45) is 3.73. The molecule has 2 saturated heterocycles. The number of carbonyl (C=O) groups excluding carboxylic acids is 1. The molecular formula is C10H19ClN2O2. The third kappa shape index (κ3) is 3.06. The number of piperidine rings is 1. The maximum absolute atomic E-state index is 11.9. The molecule has 2 heterocycles. The van der Waals surface area contributed by atoms with Gasteiger partial charge in [-0.3, -0.25) is 4.79 Å². The number of nitrogens with one attached hydrogen (secondary N) is 1. The fraction of sp³-hybridized carbons (Fsp3) is 0.900. The second-order valence-electron chi connectivity index (χ2n) is 4.24. The maximum Gasteiger partial charge on any atom is 0.239 e. The molecule has 0 bridgehead atoms. The standard InChI is InChI=1S/C10H18N2O2.ClH/c13-8-6-9(11-7-8)10(14)12-4-2-1-3-5-12;/h8-9,11,13H,1-7H2;1H/t8-,9-;/m1./s1. The fourth-order valence-electron chi connectivity index (χ4n) is 2.24. The largest absolute Gasteiger partial charge is 0.392 e. The van der Waals surface area contributed by atoms with E-state index in [1.165, 1.54) is 6.42 Å². The predicted molar refractivity (Wildman–Crippen MR) is 60.1 cm³/mol. The van der Waals surface area contributed by atoms with Gasteiger partial charge in [-0.1, -0.05) is 0 Å². The van der Waals surface area contributed by atoms with Crippen molar-refractivity contribution in [2.45, 2.75) is 37.8 Å². The van der Waals surface area contributed by atoms with E-state index in [0.717, 1.165) is 25.9 Å². The maximum atomic E-state index is 11.9. The Kier molecular flexibility index (Phi) is 4.83. The third-order valence-corrected chi connectivity index (χ3v) is 3.07. The minimum atomic E-state index is -0.339. The molecule has 0 unspecified atom stereocenters. The van der Waals surface area contributed by atoms with Crippen LogP contribution in [0.15, 0.2) is 0 Å². The average molecular weight is 235 g/mol. The molecule has 2 N–H and O–H groups in total. The highest BCUT2D eigenvalue weighted by Gasteiger charge is 2.31. The van der Waals surface area contributed by atoms with Crippen molar-refractivity contribution in [2.24, 2.45) is 0 Å². The van der Waals surface area contributed by atoms with Gasteiger partial charge in [-0.15, -0.1) is 12.4 Å². The monoisotopic (exact) mass is 234 g/mol. The second kappa shape index (κ2) is 5.68. The van der Waals surface area contributed by atoms with Gasteiger partial charge in [-0.25, -0.2) is 0 Å². The molecule has 88 valence electrons. The van der Waals surface area contributed by atoms with Gasteiger partial charge in [0.05, 0.1) is 12.1 Å². The first-order valence-corrected chi connectivity index (χ1v) is 5.47. The van der Waals surface area contributed by atoms with Gasteiger partial charge in [0.25, 0.3) is 0 Å². The molecule has 5 heteroatoms. The summed E-state index contributed by atoms with van der Waals surface area (Å²) in [5.74, 6) is 0.182. The van der Waals surface area contributed by atoms with Crippen molar-refractivity contribution in [2.75, 3.05) is 19.6 Å². The number of aliphatic hydroxyl groups is 1. The van der Waals surface area contributed by atoms with Gasteiger partial charge < -0.3 is 15.3 Å². The Balaban J connectivity index is 0.00000112. The van der Waals surface area contributed by atoms with Crippen LogP contribution >= 0.6 is 12.4 Å². The molecule has 0 aromatic carbocycles. The van der Waals surface area contributed by atoms with Crippen LogP contribution in [-0.2, 0) is 4.79 Å². The molecule has 0 aliphatic carbocycles. The molecule has 0 aromatic rings. The van der Waals surface area contributed by atoms with Gasteiger partial charge in [0.15, 0.2) is 0 Å². The summed E-state index contributed by atoms with van der Waals surface area (Å²) in [4.78, 5) is 13.8. The van der Waals surface area contributed by atoms with E-state index >= 15 is 0 Å². The number of rotatable bonds is 1. The average Bonchev–Trinajstić information content (AvgIpc) is 2.65. The van der Waals surface area contributed by atoms with Crippen molar-refractivity contribution in [3.05, 3.63) is 0 Å². The second-order valence-corrected chi connectivity index (χ2v) is 4.24. The summed E-state index contributed by atoms with van der Waals surface area (Å²) >= 11 is 0. The van der Waals surface area contributed by atoms with Crippen LogP contribution in [0.4, 0.5) is 0 Å². The Morgan fingerprint density at radius 2 is 1.93 bits per heavy atom. The number of β-amino-alcohol motifs (C(OH)–C–C–N with tert-alkyl or cyclic N) is 1. The zero-order valence-corrected chi connectivity index (χ0v) is 9.63. The van der Waals surface area contributed by atoms with Gasteiger partial charge in [0.1, 0.15) is 0 Å². The summed E-state index contributed by atoms with van der Waals surface area (Å²) in [6, 6.07) is -0.136. The normalized spacial score (nSPS) is 31.1. The zero-order valence-electron chi connectivity index (χ0n) is 8.82. The summed E-state index contributed by atoms with van der Waals surface area (Å²) in [5.41, 5.74) is 0. The Morgan fingerprint density at radius 1 is 1.27 bits per heavy atom. The molecule has 2 aliphatic heterocycles. The van der Waals surface area contributed by atoms with Crippen LogP contribution in [0.1, 0.15) is 25.7 Å². The van der Waals surface area contributed by atoms with E-state index in [4.69, 9.17) is 0 Å². The van der Waals surface area contributed by atoms with Crippen molar-refractivity contribution >= 4 is 18.3 Å². The van der Waals surface area contributed by atoms with Crippen LogP contribution in [-0.4, -0.2) is 47.7 Å². The number of carbonyl (C=O) groups is 1. The van der Waals surface area contributed by atoms with E-state index in [1.54, 1.807) is 0 Å². The van der Waals surface area contributed by atoms with E-state index in [1.807, 2.05) is 4.90 Å². The number of nitrogens with zero attached hydrogens (tertiary/aromatic N) is 1. The smallest absolute Gasteiger partial charge is 0.239 e. The van der Waals surface area contributed by atoms with Crippen LogP contribution in [0.3, 0.4) is 0 Å². The van der Waals surface area contributed by atoms with Crippen LogP contribution in [0.2, 0.25) is 0 Å². The minimum absolute atomic E-state index is 0. The van der Waals surface area contributed by atoms with Gasteiger partial charge in [0.2, 0.25) is 5.91 Å². The van der Waals surface area contributed by atoms with Crippen molar-refractivity contribution in [1.82, 2.24) is 10.2 Å². The lowest BCUT2D eigenvalue weighted by Crippen LogP contribution is -2.45. The molecular weight excluding hydrogens is 216 g/mol. The van der Waals surface area contributed by atoms with Crippen molar-refractivity contribution in [3.8, 4) is 0 Å². The highest BCUT2D eigenvalue weighted by atomic mass is 35.5. The number of halogens is 1. The predicted octanol–water partition coefficient (Wildman–Crippen LogP) is 0.143. The lowest BCUT2D eigenvalue weighted by Gasteiger charge is -2.29.